The van der Waals surface area contributed by atoms with E-state index in [-0.39, 0.29) is 30.1 Å². The van der Waals surface area contributed by atoms with Gasteiger partial charge in [-0.1, -0.05) is 109 Å². The van der Waals surface area contributed by atoms with Crippen LogP contribution in [0.5, 0.6) is 0 Å². The standard InChI is InChI=1S/C36H60N2O/c1-11-13-32-19-26(6)25(5)15-14-23(3)16-27(7)31(12-2)17-24(4)18-35(38)30(10)36(32)39-33-20-28(8)34(22-37)29(9)21-33/h14-16,26-36H,4-5,11-13,17-21,38H2,1-3,6-10H3/b15-14+,23-16+/t26-,27+,28+,29?,30+,31+,32+,33-,34?,35?,36-/m1/s1. The van der Waals surface area contributed by atoms with Crippen molar-refractivity contribution in [2.24, 2.45) is 53.1 Å². The molecule has 3 heteroatoms. The molecule has 0 saturated heterocycles. The molecule has 2 aliphatic rings. The van der Waals surface area contributed by atoms with Crippen molar-refractivity contribution in [3.8, 4) is 6.07 Å². The van der Waals surface area contributed by atoms with Crippen LogP contribution < -0.4 is 5.73 Å². The van der Waals surface area contributed by atoms with Crippen molar-refractivity contribution < 1.29 is 4.74 Å². The Morgan fingerprint density at radius 2 is 1.62 bits per heavy atom. The van der Waals surface area contributed by atoms with Gasteiger partial charge in [0, 0.05) is 6.04 Å². The lowest BCUT2D eigenvalue weighted by atomic mass is 9.72. The van der Waals surface area contributed by atoms with Crippen LogP contribution in [0, 0.1) is 58.7 Å². The number of hydrogen-bond acceptors (Lipinski definition) is 3. The van der Waals surface area contributed by atoms with Crippen molar-refractivity contribution in [1.29, 1.82) is 5.26 Å². The highest BCUT2D eigenvalue weighted by atomic mass is 16.5. The normalized spacial score (nSPS) is 41.8. The summed E-state index contributed by atoms with van der Waals surface area (Å²) in [6.45, 7) is 27.2. The van der Waals surface area contributed by atoms with Gasteiger partial charge in [-0.15, -0.1) is 0 Å². The van der Waals surface area contributed by atoms with E-state index in [4.69, 9.17) is 10.5 Å². The maximum atomic E-state index is 9.70. The number of hydrogen-bond donors (Lipinski definition) is 1. The quantitative estimate of drug-likeness (QED) is 0.356. The third-order valence-electron chi connectivity index (χ3n) is 10.0. The average molecular weight is 537 g/mol. The molecule has 0 aromatic rings. The third kappa shape index (κ3) is 9.75. The van der Waals surface area contributed by atoms with Crippen LogP contribution in [0.3, 0.4) is 0 Å². The molecule has 0 spiro atoms. The third-order valence-corrected chi connectivity index (χ3v) is 10.0. The van der Waals surface area contributed by atoms with Gasteiger partial charge in [-0.3, -0.25) is 0 Å². The summed E-state index contributed by atoms with van der Waals surface area (Å²) in [6, 6.07) is 2.58. The molecular weight excluding hydrogens is 476 g/mol. The SMILES string of the molecule is C=C1CC(N)[C@H](C)[C@@H](O[C@H]2CC(C)C(C#N)[C@@H](C)C2)[C@@H](CCC)C[C@@H](C)C(=C)/C=C/C(C)=C/[C@H](C)[C@@H](CC)C1. The van der Waals surface area contributed by atoms with E-state index in [2.05, 4.69) is 92.8 Å². The Kier molecular flexibility index (Phi) is 13.8. The molecule has 11 atom stereocenters. The van der Waals surface area contributed by atoms with Crippen molar-refractivity contribution in [3.05, 3.63) is 48.1 Å². The highest BCUT2D eigenvalue weighted by Crippen LogP contribution is 2.40. The number of rotatable bonds is 5. The van der Waals surface area contributed by atoms with Gasteiger partial charge in [0.15, 0.2) is 0 Å². The van der Waals surface area contributed by atoms with Gasteiger partial charge in [-0.05, 0) is 86.9 Å². The van der Waals surface area contributed by atoms with E-state index < -0.39 is 0 Å². The molecule has 3 nitrogen and oxygen atoms in total. The van der Waals surface area contributed by atoms with Gasteiger partial charge in [-0.25, -0.2) is 0 Å². The van der Waals surface area contributed by atoms with Crippen molar-refractivity contribution in [2.45, 2.75) is 125 Å². The Balaban J connectivity index is 2.42. The Hall–Kier alpha value is -1.63. The number of ether oxygens (including phenoxy) is 1. The summed E-state index contributed by atoms with van der Waals surface area (Å²) in [7, 11) is 0. The van der Waals surface area contributed by atoms with Crippen molar-refractivity contribution in [1.82, 2.24) is 0 Å². The first-order valence-electron chi connectivity index (χ1n) is 15.9. The maximum absolute atomic E-state index is 9.70. The minimum Gasteiger partial charge on any atom is -0.374 e. The lowest BCUT2D eigenvalue weighted by Crippen LogP contribution is -2.45. The van der Waals surface area contributed by atoms with Crippen LogP contribution >= 0.6 is 0 Å². The monoisotopic (exact) mass is 536 g/mol. The van der Waals surface area contributed by atoms with Crippen LogP contribution in [0.1, 0.15) is 107 Å². The van der Waals surface area contributed by atoms with Gasteiger partial charge in [0.05, 0.1) is 24.2 Å². The van der Waals surface area contributed by atoms with Gasteiger partial charge in [0.25, 0.3) is 0 Å². The summed E-state index contributed by atoms with van der Waals surface area (Å²) >= 11 is 0. The number of allylic oxidation sites excluding steroid dienone is 5. The average Bonchev–Trinajstić information content (AvgIpc) is 2.87. The van der Waals surface area contributed by atoms with Gasteiger partial charge in [0.1, 0.15) is 0 Å². The van der Waals surface area contributed by atoms with Gasteiger partial charge >= 0.3 is 0 Å². The topological polar surface area (TPSA) is 59.0 Å². The fourth-order valence-electron chi connectivity index (χ4n) is 7.35. The number of nitrogens with zero attached hydrogens (tertiary/aromatic N) is 1. The summed E-state index contributed by atoms with van der Waals surface area (Å²) in [5, 5.41) is 9.70. The molecule has 0 bridgehead atoms. The highest BCUT2D eigenvalue weighted by Gasteiger charge is 2.39. The molecule has 0 radical (unpaired) electrons. The second-order valence-electron chi connectivity index (χ2n) is 13.5. The fraction of sp³-hybridized carbons (Fsp3) is 0.750. The Morgan fingerprint density at radius 1 is 0.974 bits per heavy atom. The molecule has 1 fully saturated rings. The summed E-state index contributed by atoms with van der Waals surface area (Å²) < 4.78 is 7.14. The van der Waals surface area contributed by atoms with Crippen LogP contribution in [-0.2, 0) is 4.74 Å². The van der Waals surface area contributed by atoms with Gasteiger partial charge < -0.3 is 10.5 Å². The van der Waals surface area contributed by atoms with E-state index in [9.17, 15) is 5.26 Å². The van der Waals surface area contributed by atoms with Gasteiger partial charge in [0.2, 0.25) is 0 Å². The lowest BCUT2D eigenvalue weighted by Gasteiger charge is -2.42. The zero-order valence-corrected chi connectivity index (χ0v) is 26.6. The summed E-state index contributed by atoms with van der Waals surface area (Å²) in [5.41, 5.74) is 10.8. The van der Waals surface area contributed by atoms with Crippen molar-refractivity contribution in [3.63, 3.8) is 0 Å². The molecule has 1 saturated carbocycles. The van der Waals surface area contributed by atoms with Crippen LogP contribution in [0.25, 0.3) is 0 Å². The Morgan fingerprint density at radius 3 is 2.18 bits per heavy atom. The van der Waals surface area contributed by atoms with E-state index in [1.807, 2.05) is 0 Å². The maximum Gasteiger partial charge on any atom is 0.0661 e. The molecule has 0 heterocycles. The smallest absolute Gasteiger partial charge is 0.0661 e. The van der Waals surface area contributed by atoms with Crippen LogP contribution in [0.4, 0.5) is 0 Å². The summed E-state index contributed by atoms with van der Waals surface area (Å²) in [5.74, 6) is 2.90. The van der Waals surface area contributed by atoms with E-state index in [0.29, 0.717) is 35.5 Å². The molecule has 220 valence electrons. The van der Waals surface area contributed by atoms with E-state index in [0.717, 1.165) is 51.4 Å². The molecule has 2 rings (SSSR count). The zero-order valence-electron chi connectivity index (χ0n) is 26.6. The highest BCUT2D eigenvalue weighted by molar-refractivity contribution is 5.27. The molecule has 2 N–H and O–H groups in total. The predicted octanol–water partition coefficient (Wildman–Crippen LogP) is 9.42. The molecule has 0 aromatic carbocycles. The molecule has 2 aliphatic carbocycles. The molecule has 0 amide bonds. The van der Waals surface area contributed by atoms with E-state index >= 15 is 0 Å². The second-order valence-corrected chi connectivity index (χ2v) is 13.5. The number of nitriles is 1. The first kappa shape index (κ1) is 33.6. The Bertz CT molecular complexity index is 882. The minimum atomic E-state index is 0.0172. The minimum absolute atomic E-state index is 0.0172. The van der Waals surface area contributed by atoms with E-state index in [1.54, 1.807) is 0 Å². The van der Waals surface area contributed by atoms with Gasteiger partial charge in [-0.2, -0.15) is 5.26 Å². The fourth-order valence-corrected chi connectivity index (χ4v) is 7.35. The first-order chi connectivity index (χ1) is 18.4. The van der Waals surface area contributed by atoms with Crippen molar-refractivity contribution >= 4 is 0 Å². The van der Waals surface area contributed by atoms with Crippen LogP contribution in [0.15, 0.2) is 48.1 Å². The summed E-state index contributed by atoms with van der Waals surface area (Å²) in [4.78, 5) is 0. The summed E-state index contributed by atoms with van der Waals surface area (Å²) in [6.07, 6.45) is 15.4. The first-order valence-corrected chi connectivity index (χ1v) is 15.9. The molecule has 39 heavy (non-hydrogen) atoms. The van der Waals surface area contributed by atoms with Crippen LogP contribution in [0.2, 0.25) is 0 Å². The predicted molar refractivity (Wildman–Crippen MR) is 168 cm³/mol. The van der Waals surface area contributed by atoms with Crippen molar-refractivity contribution in [2.75, 3.05) is 0 Å². The lowest BCUT2D eigenvalue weighted by molar-refractivity contribution is -0.108. The Labute approximate surface area is 242 Å². The molecule has 0 aromatic heterocycles. The zero-order chi connectivity index (χ0) is 29.3. The molecule has 0 aliphatic heterocycles. The largest absolute Gasteiger partial charge is 0.374 e. The second kappa shape index (κ2) is 16.0. The molecule has 3 unspecified atom stereocenters. The molecular formula is C36H60N2O. The number of nitrogens with two attached hydrogens (primary N) is 1. The van der Waals surface area contributed by atoms with E-state index in [1.165, 1.54) is 16.7 Å². The van der Waals surface area contributed by atoms with Crippen LogP contribution in [-0.4, -0.2) is 18.2 Å².